The number of furan rings is 1. The molecule has 0 aliphatic carbocycles. The molecule has 2 heterocycles. The van der Waals surface area contributed by atoms with E-state index >= 15 is 0 Å². The van der Waals surface area contributed by atoms with Gasteiger partial charge in [0.1, 0.15) is 11.6 Å². The minimum absolute atomic E-state index is 0.0915. The summed E-state index contributed by atoms with van der Waals surface area (Å²) >= 11 is 0. The number of halogens is 1. The third-order valence-electron chi connectivity index (χ3n) is 4.72. The number of nitrogens with zero attached hydrogens (tertiary/aromatic N) is 2. The van der Waals surface area contributed by atoms with Gasteiger partial charge < -0.3 is 9.32 Å². The summed E-state index contributed by atoms with van der Waals surface area (Å²) < 4.78 is 18.7. The van der Waals surface area contributed by atoms with Gasteiger partial charge in [-0.05, 0) is 49.2 Å². The van der Waals surface area contributed by atoms with Crippen LogP contribution < -0.4 is 4.90 Å². The second kappa shape index (κ2) is 7.83. The molecule has 3 rings (SSSR count). The predicted molar refractivity (Wildman–Crippen MR) is 95.7 cm³/mol. The first-order valence-corrected chi connectivity index (χ1v) is 8.88. The van der Waals surface area contributed by atoms with E-state index in [1.165, 1.54) is 12.1 Å². The summed E-state index contributed by atoms with van der Waals surface area (Å²) in [6.07, 6.45) is 3.49. The van der Waals surface area contributed by atoms with Crippen LogP contribution in [-0.4, -0.2) is 29.9 Å². The van der Waals surface area contributed by atoms with Crippen molar-refractivity contribution >= 4 is 11.6 Å². The van der Waals surface area contributed by atoms with Crippen LogP contribution in [-0.2, 0) is 11.3 Å². The van der Waals surface area contributed by atoms with Crippen molar-refractivity contribution in [2.75, 3.05) is 18.0 Å². The summed E-state index contributed by atoms with van der Waals surface area (Å²) in [4.78, 5) is 17.0. The summed E-state index contributed by atoms with van der Waals surface area (Å²) in [5, 5.41) is 0. The largest absolute Gasteiger partial charge is 0.468 e. The van der Waals surface area contributed by atoms with E-state index in [0.29, 0.717) is 0 Å². The normalized spacial score (nSPS) is 16.3. The predicted octanol–water partition coefficient (Wildman–Crippen LogP) is 4.07. The molecule has 2 aromatic rings. The molecule has 1 aliphatic rings. The minimum atomic E-state index is -0.283. The molecule has 134 valence electrons. The molecule has 0 radical (unpaired) electrons. The van der Waals surface area contributed by atoms with Crippen molar-refractivity contribution in [1.29, 1.82) is 0 Å². The number of rotatable bonds is 5. The van der Waals surface area contributed by atoms with Crippen molar-refractivity contribution < 1.29 is 13.6 Å². The lowest BCUT2D eigenvalue weighted by atomic mass is 10.00. The Kier molecular flexibility index (Phi) is 5.53. The van der Waals surface area contributed by atoms with Gasteiger partial charge in [0.25, 0.3) is 0 Å². The van der Waals surface area contributed by atoms with E-state index in [4.69, 9.17) is 4.42 Å². The molecule has 5 heteroatoms. The fraction of sp³-hybridized carbons (Fsp3) is 0.450. The van der Waals surface area contributed by atoms with E-state index in [0.717, 1.165) is 43.9 Å². The second-order valence-electron chi connectivity index (χ2n) is 6.93. The molecule has 4 nitrogen and oxygen atoms in total. The number of anilines is 1. The molecule has 1 saturated heterocycles. The van der Waals surface area contributed by atoms with E-state index in [1.807, 2.05) is 30.9 Å². The number of piperidine rings is 1. The van der Waals surface area contributed by atoms with Crippen LogP contribution in [0.3, 0.4) is 0 Å². The summed E-state index contributed by atoms with van der Waals surface area (Å²) in [7, 11) is 0. The molecule has 25 heavy (non-hydrogen) atoms. The molecular weight excluding hydrogens is 319 g/mol. The quantitative estimate of drug-likeness (QED) is 0.820. The maximum atomic E-state index is 13.3. The summed E-state index contributed by atoms with van der Waals surface area (Å²) in [5.41, 5.74) is 0.782. The van der Waals surface area contributed by atoms with Crippen LogP contribution in [0.1, 0.15) is 32.4 Å². The van der Waals surface area contributed by atoms with Gasteiger partial charge >= 0.3 is 0 Å². The highest BCUT2D eigenvalue weighted by Crippen LogP contribution is 2.26. The zero-order valence-electron chi connectivity index (χ0n) is 14.8. The Morgan fingerprint density at radius 3 is 2.48 bits per heavy atom. The molecule has 0 N–H and O–H groups in total. The molecule has 1 fully saturated rings. The van der Waals surface area contributed by atoms with Crippen LogP contribution in [0.15, 0.2) is 47.1 Å². The van der Waals surface area contributed by atoms with Crippen LogP contribution in [0.4, 0.5) is 10.1 Å². The lowest BCUT2D eigenvalue weighted by Gasteiger charge is -2.39. The van der Waals surface area contributed by atoms with E-state index in [2.05, 4.69) is 4.90 Å². The SMILES string of the molecule is CC(C)C(=O)N(c1ccc(F)cc1)C1CCN(Cc2ccco2)CC1. The maximum Gasteiger partial charge on any atom is 0.229 e. The number of carbonyl (C=O) groups is 1. The number of benzene rings is 1. The summed E-state index contributed by atoms with van der Waals surface area (Å²) in [5.74, 6) is 0.684. The van der Waals surface area contributed by atoms with Gasteiger partial charge in [-0.25, -0.2) is 4.39 Å². The van der Waals surface area contributed by atoms with Gasteiger partial charge in [-0.1, -0.05) is 13.8 Å². The number of likely N-dealkylation sites (tertiary alicyclic amines) is 1. The molecule has 1 aromatic carbocycles. The van der Waals surface area contributed by atoms with Crippen LogP contribution in [0.25, 0.3) is 0 Å². The Labute approximate surface area is 148 Å². The monoisotopic (exact) mass is 344 g/mol. The average Bonchev–Trinajstić information content (AvgIpc) is 3.11. The summed E-state index contributed by atoms with van der Waals surface area (Å²) in [6, 6.07) is 10.3. The first kappa shape index (κ1) is 17.7. The molecule has 0 saturated carbocycles. The van der Waals surface area contributed by atoms with Crippen molar-refractivity contribution in [3.05, 3.63) is 54.2 Å². The van der Waals surface area contributed by atoms with E-state index < -0.39 is 0 Å². The average molecular weight is 344 g/mol. The fourth-order valence-electron chi connectivity index (χ4n) is 3.36. The number of amides is 1. The molecule has 0 unspecified atom stereocenters. The summed E-state index contributed by atoms with van der Waals surface area (Å²) in [6.45, 7) is 6.44. The van der Waals surface area contributed by atoms with E-state index in [9.17, 15) is 9.18 Å². The Bertz CT molecular complexity index is 674. The topological polar surface area (TPSA) is 36.7 Å². The van der Waals surface area contributed by atoms with Gasteiger partial charge in [-0.3, -0.25) is 9.69 Å². The zero-order chi connectivity index (χ0) is 17.8. The van der Waals surface area contributed by atoms with E-state index in [-0.39, 0.29) is 23.7 Å². The third kappa shape index (κ3) is 4.28. The first-order chi connectivity index (χ1) is 12.0. The van der Waals surface area contributed by atoms with Gasteiger partial charge in [0, 0.05) is 30.7 Å². The first-order valence-electron chi connectivity index (χ1n) is 8.88. The Morgan fingerprint density at radius 2 is 1.92 bits per heavy atom. The highest BCUT2D eigenvalue weighted by Gasteiger charge is 2.30. The molecule has 1 aliphatic heterocycles. The molecule has 1 amide bonds. The smallest absolute Gasteiger partial charge is 0.229 e. The Morgan fingerprint density at radius 1 is 1.24 bits per heavy atom. The van der Waals surface area contributed by atoms with Crippen molar-refractivity contribution in [3.63, 3.8) is 0 Å². The number of hydrogen-bond donors (Lipinski definition) is 0. The van der Waals surface area contributed by atoms with Crippen LogP contribution in [0.2, 0.25) is 0 Å². The fourth-order valence-corrected chi connectivity index (χ4v) is 3.36. The standard InChI is InChI=1S/C20H25FN2O2/c1-15(2)20(24)23(17-7-5-16(21)6-8-17)18-9-11-22(12-10-18)14-19-4-3-13-25-19/h3-8,13,15,18H,9-12,14H2,1-2H3. The van der Waals surface area contributed by atoms with Gasteiger partial charge in [-0.2, -0.15) is 0 Å². The Balaban J connectivity index is 1.69. The minimum Gasteiger partial charge on any atom is -0.468 e. The molecule has 1 aromatic heterocycles. The van der Waals surface area contributed by atoms with Crippen LogP contribution >= 0.6 is 0 Å². The lowest BCUT2D eigenvalue weighted by molar-refractivity contribution is -0.122. The molecule has 0 atom stereocenters. The molecule has 0 bridgehead atoms. The van der Waals surface area contributed by atoms with Gasteiger partial charge in [0.15, 0.2) is 0 Å². The molecular formula is C20H25FN2O2. The van der Waals surface area contributed by atoms with Gasteiger partial charge in [0.05, 0.1) is 12.8 Å². The highest BCUT2D eigenvalue weighted by molar-refractivity contribution is 5.95. The van der Waals surface area contributed by atoms with Gasteiger partial charge in [0.2, 0.25) is 5.91 Å². The van der Waals surface area contributed by atoms with Crippen molar-refractivity contribution in [3.8, 4) is 0 Å². The van der Waals surface area contributed by atoms with Crippen LogP contribution in [0.5, 0.6) is 0 Å². The highest BCUT2D eigenvalue weighted by atomic mass is 19.1. The zero-order valence-corrected chi connectivity index (χ0v) is 14.8. The lowest BCUT2D eigenvalue weighted by Crippen LogP contribution is -2.48. The third-order valence-corrected chi connectivity index (χ3v) is 4.72. The van der Waals surface area contributed by atoms with Crippen molar-refractivity contribution in [2.45, 2.75) is 39.3 Å². The second-order valence-corrected chi connectivity index (χ2v) is 6.93. The van der Waals surface area contributed by atoms with Gasteiger partial charge in [-0.15, -0.1) is 0 Å². The maximum absolute atomic E-state index is 13.3. The number of carbonyl (C=O) groups excluding carboxylic acids is 1. The number of hydrogen-bond acceptors (Lipinski definition) is 3. The van der Waals surface area contributed by atoms with Crippen LogP contribution in [0, 0.1) is 11.7 Å². The van der Waals surface area contributed by atoms with E-state index in [1.54, 1.807) is 18.4 Å². The van der Waals surface area contributed by atoms with Crippen molar-refractivity contribution in [2.24, 2.45) is 5.92 Å². The Hall–Kier alpha value is -2.14. The van der Waals surface area contributed by atoms with Crippen molar-refractivity contribution in [1.82, 2.24) is 4.90 Å². The molecule has 0 spiro atoms.